The number of benzene rings is 1. The van der Waals surface area contributed by atoms with Crippen LogP contribution in [0, 0.1) is 5.92 Å². The Kier molecular flexibility index (Phi) is 4.34. The molecule has 1 fully saturated rings. The fourth-order valence-corrected chi connectivity index (χ4v) is 3.10. The Bertz CT molecular complexity index is 658. The molecule has 2 aromatic rings. The summed E-state index contributed by atoms with van der Waals surface area (Å²) in [5.41, 5.74) is 0.562. The lowest BCUT2D eigenvalue weighted by atomic mass is 10.0. The quantitative estimate of drug-likeness (QED) is 0.891. The average Bonchev–Trinajstić information content (AvgIpc) is 3.20. The summed E-state index contributed by atoms with van der Waals surface area (Å²) in [7, 11) is 1.56. The minimum atomic E-state index is -0.481. The van der Waals surface area contributed by atoms with Crippen molar-refractivity contribution in [3.63, 3.8) is 0 Å². The zero-order valence-corrected chi connectivity index (χ0v) is 12.7. The van der Waals surface area contributed by atoms with E-state index in [0.717, 1.165) is 18.2 Å². The SMILES string of the molecule is COc1cccc2cc(C(=O)NCC(O)C3CCCC3)oc12. The number of carbonyl (C=O) groups is 1. The highest BCUT2D eigenvalue weighted by molar-refractivity contribution is 5.97. The summed E-state index contributed by atoms with van der Waals surface area (Å²) in [6.45, 7) is 0.262. The van der Waals surface area contributed by atoms with E-state index in [1.165, 1.54) is 12.8 Å². The van der Waals surface area contributed by atoms with Crippen LogP contribution in [0.1, 0.15) is 36.2 Å². The van der Waals surface area contributed by atoms with Gasteiger partial charge in [0.25, 0.3) is 5.91 Å². The maximum atomic E-state index is 12.2. The van der Waals surface area contributed by atoms with E-state index in [0.29, 0.717) is 17.3 Å². The molecular formula is C17H21NO4. The molecule has 0 spiro atoms. The Hall–Kier alpha value is -2.01. The summed E-state index contributed by atoms with van der Waals surface area (Å²) in [6.07, 6.45) is 3.93. The average molecular weight is 303 g/mol. The third kappa shape index (κ3) is 2.95. The summed E-state index contributed by atoms with van der Waals surface area (Å²) in [5, 5.41) is 13.7. The number of rotatable bonds is 5. The number of ether oxygens (including phenoxy) is 1. The van der Waals surface area contributed by atoms with Gasteiger partial charge in [0, 0.05) is 11.9 Å². The number of aliphatic hydroxyl groups excluding tert-OH is 1. The van der Waals surface area contributed by atoms with Gasteiger partial charge in [-0.2, -0.15) is 0 Å². The van der Waals surface area contributed by atoms with E-state index >= 15 is 0 Å². The highest BCUT2D eigenvalue weighted by Gasteiger charge is 2.24. The molecule has 1 unspecified atom stereocenters. The fourth-order valence-electron chi connectivity index (χ4n) is 3.10. The number of amides is 1. The van der Waals surface area contributed by atoms with Crippen molar-refractivity contribution in [3.05, 3.63) is 30.0 Å². The Balaban J connectivity index is 1.67. The van der Waals surface area contributed by atoms with Crippen LogP contribution < -0.4 is 10.1 Å². The lowest BCUT2D eigenvalue weighted by molar-refractivity contribution is 0.0820. The topological polar surface area (TPSA) is 71.7 Å². The Labute approximate surface area is 129 Å². The van der Waals surface area contributed by atoms with Crippen molar-refractivity contribution in [3.8, 4) is 5.75 Å². The normalized spacial score (nSPS) is 16.8. The van der Waals surface area contributed by atoms with Crippen molar-refractivity contribution < 1.29 is 19.1 Å². The number of hydrogen-bond acceptors (Lipinski definition) is 4. The van der Waals surface area contributed by atoms with Crippen LogP contribution in [-0.4, -0.2) is 30.8 Å². The molecule has 0 bridgehead atoms. The van der Waals surface area contributed by atoms with Gasteiger partial charge in [0.15, 0.2) is 17.1 Å². The number of nitrogens with one attached hydrogen (secondary N) is 1. The molecule has 1 aliphatic carbocycles. The van der Waals surface area contributed by atoms with Crippen molar-refractivity contribution >= 4 is 16.9 Å². The number of carbonyl (C=O) groups excluding carboxylic acids is 1. The molecule has 3 rings (SSSR count). The van der Waals surface area contributed by atoms with Crippen molar-refractivity contribution in [2.75, 3.05) is 13.7 Å². The molecular weight excluding hydrogens is 282 g/mol. The monoisotopic (exact) mass is 303 g/mol. The van der Waals surface area contributed by atoms with Crippen molar-refractivity contribution in [2.45, 2.75) is 31.8 Å². The molecule has 22 heavy (non-hydrogen) atoms. The van der Waals surface area contributed by atoms with E-state index in [-0.39, 0.29) is 18.2 Å². The van der Waals surface area contributed by atoms with Crippen LogP contribution in [0.4, 0.5) is 0 Å². The summed E-state index contributed by atoms with van der Waals surface area (Å²) >= 11 is 0. The first kappa shape index (κ1) is 14.9. The van der Waals surface area contributed by atoms with Gasteiger partial charge in [-0.05, 0) is 30.9 Å². The molecule has 2 N–H and O–H groups in total. The largest absolute Gasteiger partial charge is 0.493 e. The van der Waals surface area contributed by atoms with Crippen molar-refractivity contribution in [2.24, 2.45) is 5.92 Å². The molecule has 1 aromatic heterocycles. The second-order valence-corrected chi connectivity index (χ2v) is 5.81. The molecule has 1 aliphatic rings. The minimum absolute atomic E-state index is 0.234. The number of aliphatic hydroxyl groups is 1. The molecule has 1 saturated carbocycles. The molecule has 1 heterocycles. The molecule has 0 saturated heterocycles. The van der Waals surface area contributed by atoms with Gasteiger partial charge in [0.1, 0.15) is 0 Å². The van der Waals surface area contributed by atoms with Gasteiger partial charge in [-0.15, -0.1) is 0 Å². The number of hydrogen-bond donors (Lipinski definition) is 2. The second kappa shape index (κ2) is 6.40. The van der Waals surface area contributed by atoms with Gasteiger partial charge in [-0.1, -0.05) is 25.0 Å². The van der Waals surface area contributed by atoms with E-state index in [2.05, 4.69) is 5.32 Å². The summed E-state index contributed by atoms with van der Waals surface area (Å²) < 4.78 is 10.8. The molecule has 1 atom stereocenters. The van der Waals surface area contributed by atoms with Gasteiger partial charge in [-0.25, -0.2) is 0 Å². The standard InChI is InChI=1S/C17H21NO4/c1-21-14-8-4-7-12-9-15(22-16(12)14)17(20)18-10-13(19)11-5-2-3-6-11/h4,7-9,11,13,19H,2-3,5-6,10H2,1H3,(H,18,20). The molecule has 1 amide bonds. The fraction of sp³-hybridized carbons (Fsp3) is 0.471. The van der Waals surface area contributed by atoms with Crippen LogP contribution in [0.15, 0.2) is 28.7 Å². The molecule has 0 radical (unpaired) electrons. The van der Waals surface area contributed by atoms with E-state index in [1.807, 2.05) is 12.1 Å². The zero-order valence-electron chi connectivity index (χ0n) is 12.7. The predicted molar refractivity (Wildman–Crippen MR) is 83.1 cm³/mol. The lowest BCUT2D eigenvalue weighted by Crippen LogP contribution is -2.35. The Morgan fingerprint density at radius 3 is 2.95 bits per heavy atom. The van der Waals surface area contributed by atoms with Gasteiger partial charge in [0.2, 0.25) is 0 Å². The first-order valence-corrected chi connectivity index (χ1v) is 7.72. The third-order valence-electron chi connectivity index (χ3n) is 4.37. The van der Waals surface area contributed by atoms with Crippen LogP contribution in [0.2, 0.25) is 0 Å². The Morgan fingerprint density at radius 2 is 2.23 bits per heavy atom. The Morgan fingerprint density at radius 1 is 1.45 bits per heavy atom. The van der Waals surface area contributed by atoms with E-state index < -0.39 is 6.10 Å². The van der Waals surface area contributed by atoms with Crippen LogP contribution in [-0.2, 0) is 0 Å². The van der Waals surface area contributed by atoms with Gasteiger partial charge in [-0.3, -0.25) is 4.79 Å². The zero-order chi connectivity index (χ0) is 15.5. The van der Waals surface area contributed by atoms with Crippen LogP contribution in [0.5, 0.6) is 5.75 Å². The molecule has 5 nitrogen and oxygen atoms in total. The van der Waals surface area contributed by atoms with E-state index in [4.69, 9.17) is 9.15 Å². The van der Waals surface area contributed by atoms with Gasteiger partial charge in [0.05, 0.1) is 13.2 Å². The summed E-state index contributed by atoms with van der Waals surface area (Å²) in [4.78, 5) is 12.2. The maximum Gasteiger partial charge on any atom is 0.287 e. The van der Waals surface area contributed by atoms with Gasteiger partial charge < -0.3 is 19.6 Å². The number of para-hydroxylation sites is 1. The number of fused-ring (bicyclic) bond motifs is 1. The lowest BCUT2D eigenvalue weighted by Gasteiger charge is -2.17. The van der Waals surface area contributed by atoms with Crippen molar-refractivity contribution in [1.29, 1.82) is 0 Å². The van der Waals surface area contributed by atoms with Crippen molar-refractivity contribution in [1.82, 2.24) is 5.32 Å². The van der Waals surface area contributed by atoms with E-state index in [9.17, 15) is 9.90 Å². The van der Waals surface area contributed by atoms with Crippen LogP contribution in [0.3, 0.4) is 0 Å². The first-order valence-electron chi connectivity index (χ1n) is 7.72. The smallest absolute Gasteiger partial charge is 0.287 e. The minimum Gasteiger partial charge on any atom is -0.493 e. The maximum absolute atomic E-state index is 12.2. The highest BCUT2D eigenvalue weighted by atomic mass is 16.5. The predicted octanol–water partition coefficient (Wildman–Crippen LogP) is 2.72. The molecule has 1 aromatic carbocycles. The molecule has 0 aliphatic heterocycles. The van der Waals surface area contributed by atoms with E-state index in [1.54, 1.807) is 19.2 Å². The number of furan rings is 1. The number of methoxy groups -OCH3 is 1. The summed E-state index contributed by atoms with van der Waals surface area (Å²) in [6, 6.07) is 7.19. The molecule has 5 heteroatoms. The third-order valence-corrected chi connectivity index (χ3v) is 4.37. The first-order chi connectivity index (χ1) is 10.7. The second-order valence-electron chi connectivity index (χ2n) is 5.81. The molecule has 118 valence electrons. The van der Waals surface area contributed by atoms with Crippen LogP contribution >= 0.6 is 0 Å². The van der Waals surface area contributed by atoms with Gasteiger partial charge >= 0.3 is 0 Å². The highest BCUT2D eigenvalue weighted by Crippen LogP contribution is 2.29. The van der Waals surface area contributed by atoms with Crippen LogP contribution in [0.25, 0.3) is 11.0 Å². The summed E-state index contributed by atoms with van der Waals surface area (Å²) in [5.74, 6) is 0.826.